The normalized spacial score (nSPS) is 12.4. The standard InChI is InChI=1S/C14H24N2OS/c1-14(2,3)10-11(13(18)12(10)17)16(6)9-7-8-15(4)5/h7-9H2,1-6H3. The molecule has 0 saturated carbocycles. The van der Waals surface area contributed by atoms with Gasteiger partial charge in [0.2, 0.25) is 5.43 Å². The average molecular weight is 268 g/mol. The molecule has 0 aliphatic rings. The summed E-state index contributed by atoms with van der Waals surface area (Å²) in [6, 6.07) is 0. The minimum absolute atomic E-state index is 0.0620. The van der Waals surface area contributed by atoms with Crippen LogP contribution in [-0.4, -0.2) is 39.1 Å². The van der Waals surface area contributed by atoms with E-state index in [1.54, 1.807) is 0 Å². The Bertz CT molecular complexity index is 479. The van der Waals surface area contributed by atoms with Crippen molar-refractivity contribution in [3.05, 3.63) is 20.3 Å². The fraction of sp³-hybridized carbons (Fsp3) is 0.714. The topological polar surface area (TPSA) is 23.6 Å². The average Bonchev–Trinajstić information content (AvgIpc) is 2.21. The molecular weight excluding hydrogens is 244 g/mol. The molecule has 0 aliphatic carbocycles. The second-order valence-electron chi connectivity index (χ2n) is 6.21. The summed E-state index contributed by atoms with van der Waals surface area (Å²) in [5.74, 6) is 0. The monoisotopic (exact) mass is 268 g/mol. The zero-order valence-electron chi connectivity index (χ0n) is 12.3. The van der Waals surface area contributed by atoms with Crippen LogP contribution < -0.4 is 10.3 Å². The maximum atomic E-state index is 11.9. The van der Waals surface area contributed by atoms with Crippen molar-refractivity contribution in [2.24, 2.45) is 0 Å². The zero-order chi connectivity index (χ0) is 14.1. The van der Waals surface area contributed by atoms with Crippen molar-refractivity contribution in [2.75, 3.05) is 39.1 Å². The van der Waals surface area contributed by atoms with Crippen molar-refractivity contribution >= 4 is 17.9 Å². The number of nitrogens with zero attached hydrogens (tertiary/aromatic N) is 2. The Labute approximate surface area is 115 Å². The van der Waals surface area contributed by atoms with Crippen LogP contribution in [0.2, 0.25) is 0 Å². The highest BCUT2D eigenvalue weighted by Gasteiger charge is 2.29. The molecule has 4 heteroatoms. The van der Waals surface area contributed by atoms with Gasteiger partial charge < -0.3 is 9.80 Å². The molecule has 0 saturated heterocycles. The Balaban J connectivity index is 2.82. The molecular formula is C14H24N2OS. The number of hydrogen-bond donors (Lipinski definition) is 0. The summed E-state index contributed by atoms with van der Waals surface area (Å²) in [5.41, 5.74) is 1.82. The highest BCUT2D eigenvalue weighted by atomic mass is 32.1. The minimum Gasteiger partial charge on any atom is -0.373 e. The van der Waals surface area contributed by atoms with E-state index in [1.165, 1.54) is 0 Å². The lowest BCUT2D eigenvalue weighted by Crippen LogP contribution is -2.35. The summed E-state index contributed by atoms with van der Waals surface area (Å²) in [7, 11) is 6.16. The Morgan fingerprint density at radius 3 is 2.11 bits per heavy atom. The number of hydrogen-bond acceptors (Lipinski definition) is 4. The van der Waals surface area contributed by atoms with Gasteiger partial charge in [0.25, 0.3) is 0 Å². The van der Waals surface area contributed by atoms with Crippen LogP contribution in [0.15, 0.2) is 4.79 Å². The third-order valence-corrected chi connectivity index (χ3v) is 3.49. The molecule has 3 nitrogen and oxygen atoms in total. The van der Waals surface area contributed by atoms with Gasteiger partial charge in [-0.25, -0.2) is 0 Å². The molecule has 1 aromatic rings. The lowest BCUT2D eigenvalue weighted by Gasteiger charge is -2.31. The summed E-state index contributed by atoms with van der Waals surface area (Å²) in [5, 5.41) is 0. The summed E-state index contributed by atoms with van der Waals surface area (Å²) < 4.78 is 0.507. The Kier molecular flexibility index (Phi) is 4.67. The fourth-order valence-electron chi connectivity index (χ4n) is 2.18. The second-order valence-corrected chi connectivity index (χ2v) is 6.62. The van der Waals surface area contributed by atoms with Crippen LogP contribution in [-0.2, 0) is 5.41 Å². The molecule has 1 rings (SSSR count). The predicted molar refractivity (Wildman–Crippen MR) is 81.1 cm³/mol. The van der Waals surface area contributed by atoms with E-state index in [9.17, 15) is 4.79 Å². The number of anilines is 1. The molecule has 0 bridgehead atoms. The molecule has 18 heavy (non-hydrogen) atoms. The molecule has 0 heterocycles. The molecule has 0 unspecified atom stereocenters. The summed E-state index contributed by atoms with van der Waals surface area (Å²) >= 11 is 5.19. The molecule has 0 atom stereocenters. The molecule has 0 aliphatic heterocycles. The van der Waals surface area contributed by atoms with E-state index in [2.05, 4.69) is 44.7 Å². The first-order chi connectivity index (χ1) is 8.16. The van der Waals surface area contributed by atoms with Gasteiger partial charge in [0.05, 0.1) is 5.69 Å². The zero-order valence-corrected chi connectivity index (χ0v) is 13.1. The molecule has 0 amide bonds. The smallest absolute Gasteiger partial charge is 0.204 e. The van der Waals surface area contributed by atoms with Crippen molar-refractivity contribution in [1.29, 1.82) is 0 Å². The van der Waals surface area contributed by atoms with Crippen molar-refractivity contribution in [2.45, 2.75) is 32.6 Å². The molecule has 0 fully saturated rings. The lowest BCUT2D eigenvalue weighted by atomic mass is 9.82. The SMILES string of the molecule is CN(C)CCCN(C)c1c(C(C)(C)C)c(=O)c1=S. The first-order valence-corrected chi connectivity index (χ1v) is 6.76. The van der Waals surface area contributed by atoms with Crippen LogP contribution in [0.4, 0.5) is 5.69 Å². The van der Waals surface area contributed by atoms with Crippen LogP contribution in [0.5, 0.6) is 0 Å². The summed E-state index contributed by atoms with van der Waals surface area (Å²) in [6.07, 6.45) is 1.07. The first-order valence-electron chi connectivity index (χ1n) is 6.36. The van der Waals surface area contributed by atoms with Crippen molar-refractivity contribution in [1.82, 2.24) is 4.90 Å². The van der Waals surface area contributed by atoms with E-state index in [0.717, 1.165) is 30.8 Å². The van der Waals surface area contributed by atoms with Gasteiger partial charge in [-0.3, -0.25) is 4.79 Å². The van der Waals surface area contributed by atoms with E-state index in [1.807, 2.05) is 7.05 Å². The van der Waals surface area contributed by atoms with Gasteiger partial charge in [0.1, 0.15) is 4.51 Å². The highest BCUT2D eigenvalue weighted by molar-refractivity contribution is 7.71. The maximum Gasteiger partial charge on any atom is 0.204 e. The first kappa shape index (κ1) is 15.3. The molecule has 0 spiro atoms. The Morgan fingerprint density at radius 1 is 1.11 bits per heavy atom. The van der Waals surface area contributed by atoms with Crippen molar-refractivity contribution in [3.8, 4) is 0 Å². The van der Waals surface area contributed by atoms with Gasteiger partial charge in [-0.1, -0.05) is 33.0 Å². The van der Waals surface area contributed by atoms with E-state index in [0.29, 0.717) is 4.51 Å². The second kappa shape index (κ2) is 5.49. The van der Waals surface area contributed by atoms with Crippen LogP contribution in [0.1, 0.15) is 32.8 Å². The van der Waals surface area contributed by atoms with E-state index in [4.69, 9.17) is 12.2 Å². The van der Waals surface area contributed by atoms with E-state index >= 15 is 0 Å². The molecule has 102 valence electrons. The van der Waals surface area contributed by atoms with Crippen molar-refractivity contribution in [3.63, 3.8) is 0 Å². The van der Waals surface area contributed by atoms with Gasteiger partial charge in [-0.2, -0.15) is 0 Å². The summed E-state index contributed by atoms with van der Waals surface area (Å²) in [6.45, 7) is 8.17. The Hall–Kier alpha value is -0.740. The predicted octanol–water partition coefficient (Wildman–Crippen LogP) is 2.34. The van der Waals surface area contributed by atoms with Crippen LogP contribution in [0.25, 0.3) is 0 Å². The third-order valence-electron chi connectivity index (χ3n) is 3.12. The molecule has 0 aromatic heterocycles. The van der Waals surface area contributed by atoms with Crippen LogP contribution in [0, 0.1) is 4.51 Å². The molecule has 0 N–H and O–H groups in total. The third kappa shape index (κ3) is 3.18. The van der Waals surface area contributed by atoms with E-state index in [-0.39, 0.29) is 10.8 Å². The highest BCUT2D eigenvalue weighted by Crippen LogP contribution is 2.32. The Morgan fingerprint density at radius 2 is 1.67 bits per heavy atom. The van der Waals surface area contributed by atoms with Crippen LogP contribution >= 0.6 is 12.2 Å². The molecule has 1 aromatic carbocycles. The maximum absolute atomic E-state index is 11.9. The number of rotatable bonds is 5. The lowest BCUT2D eigenvalue weighted by molar-refractivity contribution is 0.401. The van der Waals surface area contributed by atoms with Crippen LogP contribution in [0.3, 0.4) is 0 Å². The van der Waals surface area contributed by atoms with Gasteiger partial charge in [-0.05, 0) is 32.5 Å². The largest absolute Gasteiger partial charge is 0.373 e. The quantitative estimate of drug-likeness (QED) is 0.765. The summed E-state index contributed by atoms with van der Waals surface area (Å²) in [4.78, 5) is 16.2. The fourth-order valence-corrected chi connectivity index (χ4v) is 2.54. The van der Waals surface area contributed by atoms with Gasteiger partial charge in [0.15, 0.2) is 0 Å². The van der Waals surface area contributed by atoms with Gasteiger partial charge in [0, 0.05) is 19.2 Å². The van der Waals surface area contributed by atoms with Gasteiger partial charge >= 0.3 is 0 Å². The van der Waals surface area contributed by atoms with Crippen molar-refractivity contribution < 1.29 is 0 Å². The minimum atomic E-state index is -0.121. The van der Waals surface area contributed by atoms with Gasteiger partial charge in [-0.15, -0.1) is 0 Å². The van der Waals surface area contributed by atoms with E-state index < -0.39 is 0 Å². The molecule has 0 radical (unpaired) electrons.